The normalized spacial score (nSPS) is 12.7. The Morgan fingerprint density at radius 3 is 2.84 bits per heavy atom. The number of hydrogen-bond acceptors (Lipinski definition) is 3. The second-order valence-corrected chi connectivity index (χ2v) is 4.35. The van der Waals surface area contributed by atoms with E-state index in [-0.39, 0.29) is 17.3 Å². The predicted molar refractivity (Wildman–Crippen MR) is 70.7 cm³/mol. The van der Waals surface area contributed by atoms with Crippen molar-refractivity contribution in [2.24, 2.45) is 0 Å². The molecule has 6 heteroatoms. The van der Waals surface area contributed by atoms with Crippen molar-refractivity contribution in [3.63, 3.8) is 0 Å². The van der Waals surface area contributed by atoms with Crippen LogP contribution in [0.5, 0.6) is 0 Å². The highest BCUT2D eigenvalue weighted by Crippen LogP contribution is 2.19. The number of ether oxygens (including phenoxy) is 1. The molecule has 6 nitrogen and oxygen atoms in total. The van der Waals surface area contributed by atoms with Gasteiger partial charge in [-0.3, -0.25) is 4.57 Å². The van der Waals surface area contributed by atoms with Crippen LogP contribution in [0.15, 0.2) is 23.0 Å². The summed E-state index contributed by atoms with van der Waals surface area (Å²) in [7, 11) is 1.57. The first-order valence-corrected chi connectivity index (χ1v) is 6.05. The van der Waals surface area contributed by atoms with Crippen LogP contribution in [0.4, 0.5) is 0 Å². The van der Waals surface area contributed by atoms with Crippen LogP contribution in [0.2, 0.25) is 0 Å². The predicted octanol–water partition coefficient (Wildman–Crippen LogP) is 1.63. The van der Waals surface area contributed by atoms with Gasteiger partial charge in [-0.05, 0) is 24.6 Å². The van der Waals surface area contributed by atoms with Crippen molar-refractivity contribution in [1.29, 1.82) is 0 Å². The molecular weight excluding hydrogens is 248 g/mol. The zero-order chi connectivity index (χ0) is 14.0. The molecule has 2 N–H and O–H groups in total. The van der Waals surface area contributed by atoms with Crippen LogP contribution in [0.25, 0.3) is 11.0 Å². The molecule has 0 fully saturated rings. The van der Waals surface area contributed by atoms with Crippen LogP contribution in [-0.4, -0.2) is 34.3 Å². The molecule has 0 saturated carbocycles. The number of nitrogens with zero attached hydrogens (tertiary/aromatic N) is 1. The highest BCUT2D eigenvalue weighted by Gasteiger charge is 2.16. The maximum atomic E-state index is 12.0. The molecule has 0 radical (unpaired) electrons. The Morgan fingerprint density at radius 2 is 2.26 bits per heavy atom. The number of rotatable bonds is 5. The number of hydrogen-bond donors (Lipinski definition) is 2. The average molecular weight is 264 g/mol. The smallest absolute Gasteiger partial charge is 0.335 e. The van der Waals surface area contributed by atoms with Crippen LogP contribution < -0.4 is 5.69 Å². The molecule has 2 aromatic rings. The molecule has 0 aliphatic carbocycles. The monoisotopic (exact) mass is 264 g/mol. The van der Waals surface area contributed by atoms with E-state index in [9.17, 15) is 9.59 Å². The quantitative estimate of drug-likeness (QED) is 0.859. The first-order valence-electron chi connectivity index (χ1n) is 6.05. The largest absolute Gasteiger partial charge is 0.478 e. The molecule has 0 amide bonds. The minimum Gasteiger partial charge on any atom is -0.478 e. The fraction of sp³-hybridized carbons (Fsp3) is 0.385. The van der Waals surface area contributed by atoms with E-state index in [1.54, 1.807) is 17.7 Å². The van der Waals surface area contributed by atoms with Crippen molar-refractivity contribution in [3.05, 3.63) is 34.2 Å². The van der Waals surface area contributed by atoms with Gasteiger partial charge < -0.3 is 14.8 Å². The number of benzene rings is 1. The Hall–Kier alpha value is -2.08. The van der Waals surface area contributed by atoms with E-state index >= 15 is 0 Å². The molecule has 102 valence electrons. The molecule has 1 aromatic carbocycles. The summed E-state index contributed by atoms with van der Waals surface area (Å²) in [5.74, 6) is -1.01. The molecule has 0 spiro atoms. The van der Waals surface area contributed by atoms with E-state index < -0.39 is 5.97 Å². The van der Waals surface area contributed by atoms with E-state index in [0.29, 0.717) is 17.6 Å². The number of carbonyl (C=O) groups is 1. The van der Waals surface area contributed by atoms with Crippen molar-refractivity contribution in [2.75, 3.05) is 13.7 Å². The Balaban J connectivity index is 2.64. The number of methoxy groups -OCH3 is 1. The second-order valence-electron chi connectivity index (χ2n) is 4.35. The Bertz CT molecular complexity index is 656. The summed E-state index contributed by atoms with van der Waals surface area (Å²) in [4.78, 5) is 25.7. The number of aromatic carboxylic acids is 1. The molecule has 1 aromatic heterocycles. The molecule has 0 aliphatic rings. The summed E-state index contributed by atoms with van der Waals surface area (Å²) in [6.07, 6.45) is 0.720. The molecular formula is C13H16N2O4. The van der Waals surface area contributed by atoms with Crippen molar-refractivity contribution in [1.82, 2.24) is 9.55 Å². The number of fused-ring (bicyclic) bond motifs is 1. The molecule has 19 heavy (non-hydrogen) atoms. The molecule has 0 saturated heterocycles. The third kappa shape index (κ3) is 2.39. The Kier molecular flexibility index (Phi) is 3.71. The van der Waals surface area contributed by atoms with E-state index in [0.717, 1.165) is 6.42 Å². The highest BCUT2D eigenvalue weighted by molar-refractivity contribution is 5.92. The molecule has 2 rings (SSSR count). The van der Waals surface area contributed by atoms with Gasteiger partial charge in [0.15, 0.2) is 0 Å². The van der Waals surface area contributed by atoms with Crippen LogP contribution in [-0.2, 0) is 4.74 Å². The van der Waals surface area contributed by atoms with Gasteiger partial charge in [0.1, 0.15) is 0 Å². The lowest BCUT2D eigenvalue weighted by molar-refractivity contribution is 0.0697. The minimum absolute atomic E-state index is 0.115. The maximum Gasteiger partial charge on any atom is 0.335 e. The topological polar surface area (TPSA) is 84.3 Å². The van der Waals surface area contributed by atoms with E-state index in [4.69, 9.17) is 9.84 Å². The number of aromatic nitrogens is 2. The minimum atomic E-state index is -1.01. The summed E-state index contributed by atoms with van der Waals surface area (Å²) in [5.41, 5.74) is 1.13. The third-order valence-corrected chi connectivity index (χ3v) is 3.16. The fourth-order valence-electron chi connectivity index (χ4n) is 2.18. The first-order chi connectivity index (χ1) is 9.08. The van der Waals surface area contributed by atoms with Crippen LogP contribution in [0, 0.1) is 0 Å². The van der Waals surface area contributed by atoms with Crippen LogP contribution >= 0.6 is 0 Å². The van der Waals surface area contributed by atoms with Gasteiger partial charge in [0.05, 0.1) is 29.2 Å². The Morgan fingerprint density at radius 1 is 1.53 bits per heavy atom. The summed E-state index contributed by atoms with van der Waals surface area (Å²) in [5, 5.41) is 9.02. The number of aromatic amines is 1. The van der Waals surface area contributed by atoms with Gasteiger partial charge in [0.2, 0.25) is 0 Å². The van der Waals surface area contributed by atoms with Crippen molar-refractivity contribution < 1.29 is 14.6 Å². The number of carboxylic acids is 1. The van der Waals surface area contributed by atoms with Gasteiger partial charge in [-0.2, -0.15) is 0 Å². The Labute approximate surface area is 109 Å². The number of H-pyrrole nitrogens is 1. The number of carboxylic acid groups (broad SMARTS) is 1. The molecule has 1 atom stereocenters. The molecule has 1 unspecified atom stereocenters. The van der Waals surface area contributed by atoms with Crippen molar-refractivity contribution in [3.8, 4) is 0 Å². The lowest BCUT2D eigenvalue weighted by Gasteiger charge is -2.15. The number of imidazole rings is 1. The SMILES string of the molecule is CCC(COC)n1c(=O)[nH]c2ccc(C(=O)O)cc21. The van der Waals surface area contributed by atoms with Gasteiger partial charge >= 0.3 is 11.7 Å². The standard InChI is InChI=1S/C13H16N2O4/c1-3-9(7-19-2)15-11-6-8(12(16)17)4-5-10(11)14-13(15)18/h4-6,9H,3,7H2,1-2H3,(H,14,18)(H,16,17). The zero-order valence-corrected chi connectivity index (χ0v) is 10.8. The molecule has 0 aliphatic heterocycles. The lowest BCUT2D eigenvalue weighted by atomic mass is 10.2. The highest BCUT2D eigenvalue weighted by atomic mass is 16.5. The summed E-state index contributed by atoms with van der Waals surface area (Å²) < 4.78 is 6.67. The van der Waals surface area contributed by atoms with Crippen molar-refractivity contribution >= 4 is 17.0 Å². The van der Waals surface area contributed by atoms with Gasteiger partial charge in [0, 0.05) is 7.11 Å². The fourth-order valence-corrected chi connectivity index (χ4v) is 2.18. The van der Waals surface area contributed by atoms with E-state index in [2.05, 4.69) is 4.98 Å². The summed E-state index contributed by atoms with van der Waals surface area (Å²) in [6, 6.07) is 4.47. The second kappa shape index (κ2) is 5.27. The van der Waals surface area contributed by atoms with Gasteiger partial charge in [-0.25, -0.2) is 9.59 Å². The maximum absolute atomic E-state index is 12.0. The zero-order valence-electron chi connectivity index (χ0n) is 10.8. The molecule has 1 heterocycles. The van der Waals surface area contributed by atoms with Gasteiger partial charge in [0.25, 0.3) is 0 Å². The first kappa shape index (κ1) is 13.4. The van der Waals surface area contributed by atoms with E-state index in [1.165, 1.54) is 12.1 Å². The molecule has 0 bridgehead atoms. The number of nitrogens with one attached hydrogen (secondary N) is 1. The summed E-state index contributed by atoms with van der Waals surface area (Å²) >= 11 is 0. The lowest BCUT2D eigenvalue weighted by Crippen LogP contribution is -2.25. The van der Waals surface area contributed by atoms with Crippen LogP contribution in [0.3, 0.4) is 0 Å². The average Bonchev–Trinajstić information content (AvgIpc) is 2.71. The van der Waals surface area contributed by atoms with Gasteiger partial charge in [-0.15, -0.1) is 0 Å². The van der Waals surface area contributed by atoms with Gasteiger partial charge in [-0.1, -0.05) is 6.92 Å². The van der Waals surface area contributed by atoms with Crippen LogP contribution in [0.1, 0.15) is 29.7 Å². The summed E-state index contributed by atoms with van der Waals surface area (Å²) in [6.45, 7) is 2.36. The third-order valence-electron chi connectivity index (χ3n) is 3.16. The van der Waals surface area contributed by atoms with Crippen molar-refractivity contribution in [2.45, 2.75) is 19.4 Å². The van der Waals surface area contributed by atoms with E-state index in [1.807, 2.05) is 6.92 Å².